The second-order valence-corrected chi connectivity index (χ2v) is 11.2. The molecule has 1 amide bonds. The van der Waals surface area contributed by atoms with Crippen LogP contribution in [-0.4, -0.2) is 69.2 Å². The van der Waals surface area contributed by atoms with Gasteiger partial charge in [-0.3, -0.25) is 4.79 Å². The number of pyridine rings is 1. The van der Waals surface area contributed by atoms with Crippen molar-refractivity contribution < 1.29 is 18.8 Å². The van der Waals surface area contributed by atoms with Crippen LogP contribution in [0.5, 0.6) is 0 Å². The summed E-state index contributed by atoms with van der Waals surface area (Å²) >= 11 is 7.73. The molecule has 5 atom stereocenters. The van der Waals surface area contributed by atoms with E-state index in [2.05, 4.69) is 36.3 Å². The summed E-state index contributed by atoms with van der Waals surface area (Å²) in [5, 5.41) is 0.451. The third-order valence-corrected chi connectivity index (χ3v) is 9.47. The van der Waals surface area contributed by atoms with E-state index in [9.17, 15) is 9.59 Å². The number of benzene rings is 1. The minimum atomic E-state index is -0.661. The fourth-order valence-electron chi connectivity index (χ4n) is 6.64. The first-order valence-corrected chi connectivity index (χ1v) is 13.5. The number of amides is 1. The van der Waals surface area contributed by atoms with Gasteiger partial charge in [0.1, 0.15) is 17.7 Å². The molecule has 4 heterocycles. The topological polar surface area (TPSA) is 59.5 Å². The molecule has 8 heteroatoms. The van der Waals surface area contributed by atoms with Crippen molar-refractivity contribution >= 4 is 35.2 Å². The molecule has 180 valence electrons. The third-order valence-electron chi connectivity index (χ3n) is 8.24. The molecular formula is C26H31ClN3O3S+. The van der Waals surface area contributed by atoms with E-state index < -0.39 is 11.6 Å². The normalized spacial score (nSPS) is 32.2. The Morgan fingerprint density at radius 3 is 2.76 bits per heavy atom. The number of fused-ring (bicyclic) bond motifs is 2. The molecule has 5 rings (SSSR count). The Balaban J connectivity index is 1.58. The Hall–Kier alpha value is -2.09. The van der Waals surface area contributed by atoms with E-state index in [0.29, 0.717) is 33.9 Å². The van der Waals surface area contributed by atoms with Crippen molar-refractivity contribution in [2.24, 2.45) is 0 Å². The Morgan fingerprint density at radius 2 is 2.06 bits per heavy atom. The van der Waals surface area contributed by atoms with Gasteiger partial charge in [-0.2, -0.15) is 0 Å². The van der Waals surface area contributed by atoms with Crippen LogP contribution in [0.15, 0.2) is 48.7 Å². The number of halogens is 1. The molecule has 6 nitrogen and oxygen atoms in total. The Morgan fingerprint density at radius 1 is 1.26 bits per heavy atom. The molecular weight excluding hydrogens is 470 g/mol. The molecule has 0 radical (unpaired) electrons. The predicted octanol–water partition coefficient (Wildman–Crippen LogP) is 4.23. The van der Waals surface area contributed by atoms with Gasteiger partial charge >= 0.3 is 5.97 Å². The first-order chi connectivity index (χ1) is 16.4. The highest BCUT2D eigenvalue weighted by Gasteiger charge is 2.73. The lowest BCUT2D eigenvalue weighted by molar-refractivity contribution is -0.958. The summed E-state index contributed by atoms with van der Waals surface area (Å²) in [7, 11) is 2.24. The monoisotopic (exact) mass is 500 g/mol. The quantitative estimate of drug-likeness (QED) is 0.337. The number of hydrogen-bond acceptors (Lipinski definition) is 5. The van der Waals surface area contributed by atoms with E-state index in [-0.39, 0.29) is 17.8 Å². The average molecular weight is 501 g/mol. The van der Waals surface area contributed by atoms with Crippen LogP contribution < -0.4 is 0 Å². The van der Waals surface area contributed by atoms with Crippen molar-refractivity contribution in [2.45, 2.75) is 56.3 Å². The van der Waals surface area contributed by atoms with E-state index in [4.69, 9.17) is 16.3 Å². The molecule has 2 aromatic rings. The van der Waals surface area contributed by atoms with Crippen LogP contribution in [0.3, 0.4) is 0 Å². The van der Waals surface area contributed by atoms with Gasteiger partial charge in [0.2, 0.25) is 0 Å². The van der Waals surface area contributed by atoms with Crippen LogP contribution in [0.4, 0.5) is 0 Å². The fourth-order valence-corrected chi connectivity index (χ4v) is 7.89. The number of ether oxygens (including phenoxy) is 1. The molecule has 1 aromatic carbocycles. The van der Waals surface area contributed by atoms with Gasteiger partial charge in [-0.05, 0) is 18.6 Å². The van der Waals surface area contributed by atoms with Gasteiger partial charge in [-0.15, -0.1) is 11.8 Å². The second-order valence-electron chi connectivity index (χ2n) is 9.77. The number of hydrogen-bond donors (Lipinski definition) is 0. The molecule has 3 saturated heterocycles. The number of rotatable bonds is 6. The van der Waals surface area contributed by atoms with Gasteiger partial charge in [0.25, 0.3) is 5.91 Å². The number of carbonyl (C=O) groups is 2. The summed E-state index contributed by atoms with van der Waals surface area (Å²) in [4.78, 5) is 33.6. The SMILES string of the molecule is CCOC(=O)C1CSCN1C(=O)[C@]12CC[C@@H](C[C@H]1c1ccc(Cl)nc1)[N+]2(C)Cc1ccccc1. The molecule has 34 heavy (non-hydrogen) atoms. The molecule has 3 aliphatic rings. The van der Waals surface area contributed by atoms with Crippen LogP contribution in [0.2, 0.25) is 5.15 Å². The lowest BCUT2D eigenvalue weighted by atomic mass is 9.73. The first-order valence-electron chi connectivity index (χ1n) is 12.0. The maximum Gasteiger partial charge on any atom is 0.329 e. The van der Waals surface area contributed by atoms with Gasteiger partial charge in [0, 0.05) is 36.8 Å². The highest BCUT2D eigenvalue weighted by molar-refractivity contribution is 7.99. The summed E-state index contributed by atoms with van der Waals surface area (Å²) in [6, 6.07) is 14.1. The van der Waals surface area contributed by atoms with Crippen LogP contribution in [0.25, 0.3) is 0 Å². The van der Waals surface area contributed by atoms with Crippen molar-refractivity contribution in [3.63, 3.8) is 0 Å². The summed E-state index contributed by atoms with van der Waals surface area (Å²) in [6.07, 6.45) is 4.54. The first kappa shape index (κ1) is 23.6. The number of aromatic nitrogens is 1. The Kier molecular flexibility index (Phi) is 6.38. The van der Waals surface area contributed by atoms with Gasteiger partial charge in [-0.1, -0.05) is 48.0 Å². The maximum atomic E-state index is 14.6. The largest absolute Gasteiger partial charge is 0.464 e. The van der Waals surface area contributed by atoms with Gasteiger partial charge in [-0.25, -0.2) is 9.78 Å². The van der Waals surface area contributed by atoms with Gasteiger partial charge in [0.05, 0.1) is 31.5 Å². The van der Waals surface area contributed by atoms with Crippen molar-refractivity contribution in [3.8, 4) is 0 Å². The summed E-state index contributed by atoms with van der Waals surface area (Å²) in [6.45, 7) is 2.90. The van der Waals surface area contributed by atoms with E-state index in [0.717, 1.165) is 31.4 Å². The van der Waals surface area contributed by atoms with Gasteiger partial charge in [0.15, 0.2) is 5.54 Å². The standard InChI is InChI=1S/C26H31ClN3O3S/c1-3-33-24(31)22-16-34-17-29(22)25(32)26-12-11-20(13-21(26)19-9-10-23(27)28-14-19)30(26,2)15-18-7-5-4-6-8-18/h4-10,14,20-22H,3,11-13,15-17H2,1-2H3/q+1/t20-,21-,22?,26-,30?/m0/s1. The second kappa shape index (κ2) is 9.17. The smallest absolute Gasteiger partial charge is 0.329 e. The minimum Gasteiger partial charge on any atom is -0.464 e. The van der Waals surface area contributed by atoms with Crippen LogP contribution in [0.1, 0.15) is 43.2 Å². The minimum absolute atomic E-state index is 0.0191. The molecule has 2 unspecified atom stereocenters. The molecule has 0 aliphatic carbocycles. The molecule has 2 bridgehead atoms. The summed E-state index contributed by atoms with van der Waals surface area (Å²) in [5.74, 6) is 0.900. The highest BCUT2D eigenvalue weighted by atomic mass is 35.5. The zero-order chi connectivity index (χ0) is 23.9. The highest BCUT2D eigenvalue weighted by Crippen LogP contribution is 2.60. The number of quaternary nitrogens is 1. The number of esters is 1. The van der Waals surface area contributed by atoms with Gasteiger partial charge < -0.3 is 14.1 Å². The van der Waals surface area contributed by atoms with Crippen LogP contribution >= 0.6 is 23.4 Å². The lowest BCUT2D eigenvalue weighted by Gasteiger charge is -2.47. The van der Waals surface area contributed by atoms with Crippen molar-refractivity contribution in [3.05, 3.63) is 64.9 Å². The van der Waals surface area contributed by atoms with E-state index in [1.54, 1.807) is 23.6 Å². The fraction of sp³-hybridized carbons (Fsp3) is 0.500. The van der Waals surface area contributed by atoms with E-state index in [1.807, 2.05) is 24.4 Å². The molecule has 0 saturated carbocycles. The van der Waals surface area contributed by atoms with E-state index in [1.165, 1.54) is 5.56 Å². The summed E-state index contributed by atoms with van der Waals surface area (Å²) in [5.41, 5.74) is 1.62. The third kappa shape index (κ3) is 3.64. The maximum absolute atomic E-state index is 14.6. The molecule has 1 aromatic heterocycles. The number of thioether (sulfide) groups is 1. The zero-order valence-corrected chi connectivity index (χ0v) is 21.2. The van der Waals surface area contributed by atoms with E-state index >= 15 is 0 Å². The predicted molar refractivity (Wildman–Crippen MR) is 133 cm³/mol. The number of likely N-dealkylation sites (N-methyl/N-ethyl adjacent to an activating group) is 1. The summed E-state index contributed by atoms with van der Waals surface area (Å²) < 4.78 is 5.99. The number of nitrogens with zero attached hydrogens (tertiary/aromatic N) is 3. The lowest BCUT2D eigenvalue weighted by Crippen LogP contribution is -2.66. The molecule has 3 aliphatic heterocycles. The number of carbonyl (C=O) groups excluding carboxylic acids is 2. The van der Waals surface area contributed by atoms with Crippen LogP contribution in [0, 0.1) is 0 Å². The van der Waals surface area contributed by atoms with Crippen LogP contribution in [-0.2, 0) is 20.9 Å². The molecule has 0 N–H and O–H groups in total. The average Bonchev–Trinajstić information content (AvgIpc) is 3.50. The Bertz CT molecular complexity index is 1070. The molecule has 0 spiro atoms. The van der Waals surface area contributed by atoms with Crippen molar-refractivity contribution in [1.82, 2.24) is 9.88 Å². The van der Waals surface area contributed by atoms with Crippen molar-refractivity contribution in [1.29, 1.82) is 0 Å². The Labute approximate surface area is 210 Å². The van der Waals surface area contributed by atoms with Crippen molar-refractivity contribution in [2.75, 3.05) is 25.3 Å². The zero-order valence-electron chi connectivity index (χ0n) is 19.7. The molecule has 3 fully saturated rings.